The van der Waals surface area contributed by atoms with Crippen molar-refractivity contribution in [1.29, 1.82) is 0 Å². The van der Waals surface area contributed by atoms with Crippen molar-refractivity contribution in [1.82, 2.24) is 19.7 Å². The molecule has 1 aliphatic rings. The number of carbonyl (C=O) groups excluding carboxylic acids is 2. The Kier molecular flexibility index (Phi) is 4.66. The smallest absolute Gasteiger partial charge is 0.315 e. The Morgan fingerprint density at radius 3 is 2.69 bits per heavy atom. The van der Waals surface area contributed by atoms with Crippen LogP contribution < -0.4 is 11.5 Å². The first-order chi connectivity index (χ1) is 15.3. The summed E-state index contributed by atoms with van der Waals surface area (Å²) in [5, 5.41) is 4.64. The van der Waals surface area contributed by atoms with E-state index in [9.17, 15) is 14.0 Å². The van der Waals surface area contributed by atoms with Gasteiger partial charge in [-0.1, -0.05) is 6.07 Å². The Hall–Kier alpha value is -3.79. The molecule has 8 nitrogen and oxygen atoms in total. The van der Waals surface area contributed by atoms with Gasteiger partial charge in [-0.05, 0) is 48.4 Å². The Balaban J connectivity index is 1.76. The third kappa shape index (κ3) is 3.11. The summed E-state index contributed by atoms with van der Waals surface area (Å²) in [6.45, 7) is 2.30. The highest BCUT2D eigenvalue weighted by Crippen LogP contribution is 2.39. The molecule has 0 fully saturated rings. The Morgan fingerprint density at radius 1 is 1.16 bits per heavy atom. The minimum absolute atomic E-state index is 0.191. The number of carbonyl (C=O) groups is 2. The van der Waals surface area contributed by atoms with Crippen molar-refractivity contribution in [2.75, 3.05) is 6.54 Å². The van der Waals surface area contributed by atoms with Crippen LogP contribution in [0.1, 0.15) is 33.2 Å². The van der Waals surface area contributed by atoms with Crippen LogP contribution in [0.15, 0.2) is 41.9 Å². The Bertz CT molecular complexity index is 1390. The topological polar surface area (TPSA) is 120 Å². The quantitative estimate of drug-likeness (QED) is 0.498. The van der Waals surface area contributed by atoms with E-state index >= 15 is 0 Å². The number of halogens is 1. The number of hydrogen-bond donors (Lipinski definition) is 2. The Morgan fingerprint density at radius 2 is 1.97 bits per heavy atom. The number of nitrogens with two attached hydrogens (primary N) is 2. The van der Waals surface area contributed by atoms with E-state index in [1.165, 1.54) is 22.3 Å². The highest BCUT2D eigenvalue weighted by atomic mass is 32.1. The minimum Gasteiger partial charge on any atom is -0.365 e. The second kappa shape index (κ2) is 7.41. The number of amides is 3. The average molecular weight is 450 g/mol. The second-order valence-electron chi connectivity index (χ2n) is 7.67. The van der Waals surface area contributed by atoms with Gasteiger partial charge in [0.05, 0.1) is 33.5 Å². The minimum atomic E-state index is -0.682. The molecule has 1 unspecified atom stereocenters. The fourth-order valence-corrected chi connectivity index (χ4v) is 4.98. The molecule has 5 rings (SSSR count). The zero-order valence-corrected chi connectivity index (χ0v) is 17.9. The lowest BCUT2D eigenvalue weighted by atomic mass is 9.94. The maximum atomic E-state index is 13.8. The lowest BCUT2D eigenvalue weighted by Gasteiger charge is -2.35. The summed E-state index contributed by atoms with van der Waals surface area (Å²) < 4.78 is 16.5. The standard InChI is InChI=1S/C22H19FN6O2S/c1-11-8-12(2-4-14(11)23)18-17(21(24)30)20-19(28(22(25)31)6-7-29(20)27-18)13-3-5-15-16(9-13)32-10-26-15/h2-5,8-10,19H,6-7H2,1H3,(H2,24,30)(H2,25,31). The van der Waals surface area contributed by atoms with Crippen molar-refractivity contribution in [2.45, 2.75) is 19.5 Å². The second-order valence-corrected chi connectivity index (χ2v) is 8.56. The summed E-state index contributed by atoms with van der Waals surface area (Å²) in [6.07, 6.45) is 0. The molecule has 0 bridgehead atoms. The summed E-state index contributed by atoms with van der Waals surface area (Å²) in [4.78, 5) is 30.8. The molecule has 4 aromatic rings. The molecule has 4 N–H and O–H groups in total. The molecular weight excluding hydrogens is 431 g/mol. The summed E-state index contributed by atoms with van der Waals surface area (Å²) in [6, 6.07) is 8.91. The molecule has 162 valence electrons. The number of urea groups is 1. The van der Waals surface area contributed by atoms with Gasteiger partial charge in [-0.15, -0.1) is 11.3 Å². The van der Waals surface area contributed by atoms with Crippen LogP contribution in [0, 0.1) is 12.7 Å². The van der Waals surface area contributed by atoms with E-state index in [-0.39, 0.29) is 11.4 Å². The predicted octanol–water partition coefficient (Wildman–Crippen LogP) is 3.19. The number of primary amides is 2. The lowest BCUT2D eigenvalue weighted by Crippen LogP contribution is -2.46. The molecule has 2 aromatic carbocycles. The van der Waals surface area contributed by atoms with Crippen molar-refractivity contribution in [3.8, 4) is 11.3 Å². The van der Waals surface area contributed by atoms with Gasteiger partial charge in [0.25, 0.3) is 5.91 Å². The van der Waals surface area contributed by atoms with Crippen molar-refractivity contribution in [3.63, 3.8) is 0 Å². The van der Waals surface area contributed by atoms with Crippen molar-refractivity contribution in [2.24, 2.45) is 11.5 Å². The molecular formula is C22H19FN6O2S. The van der Waals surface area contributed by atoms with Gasteiger partial charge in [0, 0.05) is 12.1 Å². The van der Waals surface area contributed by atoms with Crippen LogP contribution in [0.4, 0.5) is 9.18 Å². The van der Waals surface area contributed by atoms with E-state index in [1.807, 2.05) is 18.2 Å². The van der Waals surface area contributed by atoms with E-state index in [4.69, 9.17) is 11.5 Å². The van der Waals surface area contributed by atoms with E-state index in [2.05, 4.69) is 10.1 Å². The van der Waals surface area contributed by atoms with E-state index in [0.29, 0.717) is 35.6 Å². The monoisotopic (exact) mass is 450 g/mol. The molecule has 10 heteroatoms. The first-order valence-electron chi connectivity index (χ1n) is 9.91. The van der Waals surface area contributed by atoms with Crippen LogP contribution in [0.2, 0.25) is 0 Å². The highest BCUT2D eigenvalue weighted by molar-refractivity contribution is 7.16. The van der Waals surface area contributed by atoms with Gasteiger partial charge in [0.2, 0.25) is 0 Å². The molecule has 1 atom stereocenters. The molecule has 0 saturated heterocycles. The summed E-state index contributed by atoms with van der Waals surface area (Å²) in [5.41, 5.74) is 16.9. The van der Waals surface area contributed by atoms with Crippen molar-refractivity contribution >= 4 is 33.5 Å². The molecule has 3 amide bonds. The molecule has 1 aliphatic heterocycles. The molecule has 2 aromatic heterocycles. The van der Waals surface area contributed by atoms with Crippen molar-refractivity contribution in [3.05, 3.63) is 70.1 Å². The summed E-state index contributed by atoms with van der Waals surface area (Å²) >= 11 is 1.48. The molecule has 3 heterocycles. The number of fused-ring (bicyclic) bond motifs is 2. The van der Waals surface area contributed by atoms with E-state index < -0.39 is 18.0 Å². The van der Waals surface area contributed by atoms with Crippen LogP contribution in [0.3, 0.4) is 0 Å². The van der Waals surface area contributed by atoms with Gasteiger partial charge >= 0.3 is 6.03 Å². The maximum absolute atomic E-state index is 13.8. The molecule has 0 saturated carbocycles. The number of thiazole rings is 1. The van der Waals surface area contributed by atoms with Crippen LogP contribution in [-0.4, -0.2) is 38.1 Å². The first-order valence-corrected chi connectivity index (χ1v) is 10.8. The fourth-order valence-electron chi connectivity index (χ4n) is 4.26. The zero-order valence-electron chi connectivity index (χ0n) is 17.1. The Labute approximate surface area is 186 Å². The van der Waals surface area contributed by atoms with E-state index in [1.54, 1.807) is 29.2 Å². The number of aryl methyl sites for hydroxylation is 1. The van der Waals surface area contributed by atoms with E-state index in [0.717, 1.165) is 15.8 Å². The largest absolute Gasteiger partial charge is 0.365 e. The normalized spacial score (nSPS) is 15.7. The number of rotatable bonds is 3. The molecule has 0 radical (unpaired) electrons. The number of nitrogens with zero attached hydrogens (tertiary/aromatic N) is 4. The average Bonchev–Trinajstić information content (AvgIpc) is 3.38. The third-order valence-electron chi connectivity index (χ3n) is 5.75. The zero-order chi connectivity index (χ0) is 22.6. The number of benzene rings is 2. The maximum Gasteiger partial charge on any atom is 0.315 e. The van der Waals surface area contributed by atoms with Gasteiger partial charge in [-0.2, -0.15) is 5.10 Å². The lowest BCUT2D eigenvalue weighted by molar-refractivity contribution is 0.0995. The van der Waals surface area contributed by atoms with Gasteiger partial charge in [-0.3, -0.25) is 9.48 Å². The third-order valence-corrected chi connectivity index (χ3v) is 6.54. The van der Waals surface area contributed by atoms with Crippen LogP contribution in [0.25, 0.3) is 21.5 Å². The fraction of sp³-hybridized carbons (Fsp3) is 0.182. The highest BCUT2D eigenvalue weighted by Gasteiger charge is 2.38. The SMILES string of the molecule is Cc1cc(-c2nn3c(c2C(N)=O)C(c2ccc4ncsc4c2)N(C(N)=O)CC3)ccc1F. The van der Waals surface area contributed by atoms with Gasteiger partial charge in [0.1, 0.15) is 17.6 Å². The summed E-state index contributed by atoms with van der Waals surface area (Å²) in [7, 11) is 0. The van der Waals surface area contributed by atoms with Gasteiger partial charge in [-0.25, -0.2) is 14.2 Å². The van der Waals surface area contributed by atoms with Crippen molar-refractivity contribution < 1.29 is 14.0 Å². The van der Waals surface area contributed by atoms with Crippen LogP contribution >= 0.6 is 11.3 Å². The van der Waals surface area contributed by atoms with Crippen LogP contribution in [0.5, 0.6) is 0 Å². The number of hydrogen-bond acceptors (Lipinski definition) is 5. The predicted molar refractivity (Wildman–Crippen MR) is 119 cm³/mol. The number of aromatic nitrogens is 3. The molecule has 0 aliphatic carbocycles. The first kappa shape index (κ1) is 20.1. The molecule has 32 heavy (non-hydrogen) atoms. The molecule has 0 spiro atoms. The summed E-state index contributed by atoms with van der Waals surface area (Å²) in [5.74, 6) is -1.03. The van der Waals surface area contributed by atoms with Crippen LogP contribution in [-0.2, 0) is 6.54 Å². The van der Waals surface area contributed by atoms with Gasteiger partial charge < -0.3 is 16.4 Å². The van der Waals surface area contributed by atoms with Gasteiger partial charge in [0.15, 0.2) is 0 Å².